The van der Waals surface area contributed by atoms with Crippen molar-refractivity contribution in [1.82, 2.24) is 9.38 Å². The molecule has 0 saturated heterocycles. The smallest absolute Gasteiger partial charge is 0.321 e. The van der Waals surface area contributed by atoms with Crippen LogP contribution in [0.15, 0.2) is 42.6 Å². The topological polar surface area (TPSA) is 63.5 Å². The minimum absolute atomic E-state index is 0.000622. The number of alkyl halides is 3. The van der Waals surface area contributed by atoms with Crippen molar-refractivity contribution < 1.29 is 22.8 Å². The highest BCUT2D eigenvalue weighted by Gasteiger charge is 2.31. The number of aryl methyl sites for hydroxylation is 1. The Morgan fingerprint density at radius 3 is 2.54 bits per heavy atom. The number of nitrogens with zero attached hydrogens (tertiary/aromatic N) is 2. The molecule has 2 heterocycles. The Morgan fingerprint density at radius 1 is 1.15 bits per heavy atom. The summed E-state index contributed by atoms with van der Waals surface area (Å²) in [5, 5.41) is 2.60. The van der Waals surface area contributed by atoms with Crippen LogP contribution in [0.5, 0.6) is 0 Å². The second kappa shape index (κ2) is 6.29. The van der Waals surface area contributed by atoms with E-state index in [1.807, 2.05) is 0 Å². The predicted octanol–water partition coefficient (Wildman–Crippen LogP) is 4.12. The van der Waals surface area contributed by atoms with E-state index in [4.69, 9.17) is 0 Å². The lowest BCUT2D eigenvalue weighted by Gasteiger charge is -2.09. The van der Waals surface area contributed by atoms with Crippen LogP contribution >= 0.6 is 0 Å². The normalized spacial score (nSPS) is 11.6. The van der Waals surface area contributed by atoms with E-state index in [1.54, 1.807) is 25.1 Å². The van der Waals surface area contributed by atoms with Crippen LogP contribution in [0.25, 0.3) is 5.65 Å². The van der Waals surface area contributed by atoms with Crippen LogP contribution in [0.4, 0.5) is 18.9 Å². The van der Waals surface area contributed by atoms with Gasteiger partial charge in [-0.2, -0.15) is 13.2 Å². The third-order valence-electron chi connectivity index (χ3n) is 3.86. The third-order valence-corrected chi connectivity index (χ3v) is 3.86. The summed E-state index contributed by atoms with van der Waals surface area (Å²) in [6.45, 7) is 2.94. The van der Waals surface area contributed by atoms with Gasteiger partial charge in [-0.05, 0) is 38.1 Å². The van der Waals surface area contributed by atoms with Gasteiger partial charge in [0.05, 0.1) is 11.3 Å². The van der Waals surface area contributed by atoms with Crippen molar-refractivity contribution in [2.75, 3.05) is 5.32 Å². The fourth-order valence-corrected chi connectivity index (χ4v) is 2.61. The number of carbonyl (C=O) groups is 2. The van der Waals surface area contributed by atoms with Gasteiger partial charge in [-0.1, -0.05) is 12.1 Å². The van der Waals surface area contributed by atoms with Crippen LogP contribution in [0.2, 0.25) is 0 Å². The maximum absolute atomic E-state index is 13.0. The number of hydrogen-bond acceptors (Lipinski definition) is 3. The number of ketones is 1. The molecular formula is C18H14F3N3O2. The summed E-state index contributed by atoms with van der Waals surface area (Å²) in [4.78, 5) is 28.2. The van der Waals surface area contributed by atoms with E-state index in [0.717, 1.165) is 16.7 Å². The minimum atomic E-state index is -4.53. The number of amides is 1. The maximum atomic E-state index is 13.0. The van der Waals surface area contributed by atoms with Crippen molar-refractivity contribution in [2.24, 2.45) is 0 Å². The van der Waals surface area contributed by atoms with Crippen LogP contribution in [-0.2, 0) is 6.18 Å². The van der Waals surface area contributed by atoms with E-state index in [9.17, 15) is 22.8 Å². The maximum Gasteiger partial charge on any atom is 0.417 e. The molecule has 0 aliphatic heterocycles. The van der Waals surface area contributed by atoms with Crippen LogP contribution < -0.4 is 5.32 Å². The molecule has 2 aromatic heterocycles. The molecule has 0 atom stereocenters. The SMILES string of the molecule is CC(=O)c1cccc(NC(=O)c2c(C)nc3ccc(C(F)(F)F)cn23)c1. The Hall–Kier alpha value is -3.16. The van der Waals surface area contributed by atoms with Gasteiger partial charge < -0.3 is 5.32 Å². The van der Waals surface area contributed by atoms with Gasteiger partial charge in [-0.3, -0.25) is 14.0 Å². The van der Waals surface area contributed by atoms with Crippen LogP contribution in [0.1, 0.15) is 39.0 Å². The first-order chi connectivity index (χ1) is 12.2. The molecule has 0 unspecified atom stereocenters. The number of hydrogen-bond donors (Lipinski definition) is 1. The van der Waals surface area contributed by atoms with Gasteiger partial charge in [0.1, 0.15) is 11.3 Å². The first kappa shape index (κ1) is 17.7. The van der Waals surface area contributed by atoms with Crippen molar-refractivity contribution in [2.45, 2.75) is 20.0 Å². The predicted molar refractivity (Wildman–Crippen MR) is 89.3 cm³/mol. The van der Waals surface area contributed by atoms with E-state index < -0.39 is 17.6 Å². The number of halogens is 3. The zero-order valence-corrected chi connectivity index (χ0v) is 13.9. The van der Waals surface area contributed by atoms with Crippen LogP contribution in [0.3, 0.4) is 0 Å². The van der Waals surface area contributed by atoms with E-state index in [0.29, 0.717) is 16.9 Å². The Labute approximate surface area is 146 Å². The van der Waals surface area contributed by atoms with E-state index in [2.05, 4.69) is 10.3 Å². The number of pyridine rings is 1. The Morgan fingerprint density at radius 2 is 1.88 bits per heavy atom. The molecule has 1 amide bonds. The number of fused-ring (bicyclic) bond motifs is 1. The molecule has 3 aromatic rings. The Balaban J connectivity index is 2.01. The van der Waals surface area contributed by atoms with Crippen molar-refractivity contribution in [3.63, 3.8) is 0 Å². The molecule has 8 heteroatoms. The number of aromatic nitrogens is 2. The highest BCUT2D eigenvalue weighted by Crippen LogP contribution is 2.30. The van der Waals surface area contributed by atoms with Gasteiger partial charge in [-0.15, -0.1) is 0 Å². The van der Waals surface area contributed by atoms with Crippen molar-refractivity contribution in [3.8, 4) is 0 Å². The van der Waals surface area contributed by atoms with Crippen LogP contribution in [-0.4, -0.2) is 21.1 Å². The molecule has 0 saturated carbocycles. The summed E-state index contributed by atoms with van der Waals surface area (Å²) in [7, 11) is 0. The van der Waals surface area contributed by atoms with Gasteiger partial charge in [0.25, 0.3) is 5.91 Å². The van der Waals surface area contributed by atoms with E-state index >= 15 is 0 Å². The molecule has 134 valence electrons. The van der Waals surface area contributed by atoms with Gasteiger partial charge in [0.15, 0.2) is 5.78 Å². The summed E-state index contributed by atoms with van der Waals surface area (Å²) in [6.07, 6.45) is -3.69. The summed E-state index contributed by atoms with van der Waals surface area (Å²) in [5.41, 5.74) is 0.429. The molecule has 0 spiro atoms. The number of benzene rings is 1. The number of Topliss-reactive ketones (excluding diaryl/α,β-unsaturated/α-hetero) is 1. The monoisotopic (exact) mass is 361 g/mol. The molecule has 0 bridgehead atoms. The summed E-state index contributed by atoms with van der Waals surface area (Å²) < 4.78 is 40.0. The highest BCUT2D eigenvalue weighted by molar-refractivity contribution is 6.05. The largest absolute Gasteiger partial charge is 0.417 e. The number of anilines is 1. The molecule has 5 nitrogen and oxygen atoms in total. The van der Waals surface area contributed by atoms with Crippen molar-refractivity contribution >= 4 is 23.0 Å². The zero-order chi connectivity index (χ0) is 19.1. The fourth-order valence-electron chi connectivity index (χ4n) is 2.61. The van der Waals surface area contributed by atoms with Crippen molar-refractivity contribution in [1.29, 1.82) is 0 Å². The van der Waals surface area contributed by atoms with E-state index in [1.165, 1.54) is 19.1 Å². The summed E-state index contributed by atoms with van der Waals surface area (Å²) in [5.74, 6) is -0.781. The highest BCUT2D eigenvalue weighted by atomic mass is 19.4. The standard InChI is InChI=1S/C18H14F3N3O2/c1-10-16(17(26)23-14-5-3-4-12(8-14)11(2)25)24-9-13(18(19,20)21)6-7-15(24)22-10/h3-9H,1-2H3,(H,23,26). The second-order valence-electron chi connectivity index (χ2n) is 5.78. The minimum Gasteiger partial charge on any atom is -0.321 e. The van der Waals surface area contributed by atoms with Crippen molar-refractivity contribution in [3.05, 3.63) is 65.1 Å². The average Bonchev–Trinajstić information content (AvgIpc) is 2.89. The van der Waals surface area contributed by atoms with Gasteiger partial charge >= 0.3 is 6.18 Å². The average molecular weight is 361 g/mol. The Kier molecular flexibility index (Phi) is 4.27. The molecule has 0 radical (unpaired) electrons. The molecule has 26 heavy (non-hydrogen) atoms. The molecule has 0 fully saturated rings. The number of rotatable bonds is 3. The summed E-state index contributed by atoms with van der Waals surface area (Å²) >= 11 is 0. The van der Waals surface area contributed by atoms with E-state index in [-0.39, 0.29) is 17.1 Å². The van der Waals surface area contributed by atoms with Gasteiger partial charge in [-0.25, -0.2) is 4.98 Å². The molecular weight excluding hydrogens is 347 g/mol. The third kappa shape index (κ3) is 3.30. The quantitative estimate of drug-likeness (QED) is 0.714. The molecule has 1 aromatic carbocycles. The molecule has 0 aliphatic rings. The second-order valence-corrected chi connectivity index (χ2v) is 5.78. The first-order valence-corrected chi connectivity index (χ1v) is 7.65. The van der Waals surface area contributed by atoms with Gasteiger partial charge in [0.2, 0.25) is 0 Å². The molecule has 1 N–H and O–H groups in total. The van der Waals surface area contributed by atoms with Gasteiger partial charge in [0, 0.05) is 17.4 Å². The number of nitrogens with one attached hydrogen (secondary N) is 1. The lowest BCUT2D eigenvalue weighted by atomic mass is 10.1. The van der Waals surface area contributed by atoms with Crippen LogP contribution in [0, 0.1) is 6.92 Å². The molecule has 0 aliphatic carbocycles. The number of imidazole rings is 1. The summed E-state index contributed by atoms with van der Waals surface area (Å²) in [6, 6.07) is 8.43. The number of carbonyl (C=O) groups excluding carboxylic acids is 2. The lowest BCUT2D eigenvalue weighted by molar-refractivity contribution is -0.137. The Bertz CT molecular complexity index is 1020. The molecule has 3 rings (SSSR count). The fraction of sp³-hybridized carbons (Fsp3) is 0.167. The zero-order valence-electron chi connectivity index (χ0n) is 13.9. The first-order valence-electron chi connectivity index (χ1n) is 7.65. The lowest BCUT2D eigenvalue weighted by Crippen LogP contribution is -2.16.